The third-order valence-electron chi connectivity index (χ3n) is 2.50. The molecule has 0 amide bonds. The zero-order chi connectivity index (χ0) is 13.1. The lowest BCUT2D eigenvalue weighted by molar-refractivity contribution is 0.453. The molecule has 1 rings (SSSR count). The van der Waals surface area contributed by atoms with Gasteiger partial charge in [0.15, 0.2) is 0 Å². The Morgan fingerprint density at radius 2 is 2.12 bits per heavy atom. The van der Waals surface area contributed by atoms with Crippen molar-refractivity contribution >= 4 is 10.0 Å². The van der Waals surface area contributed by atoms with E-state index in [0.717, 1.165) is 6.42 Å². The number of furan rings is 1. The van der Waals surface area contributed by atoms with Crippen molar-refractivity contribution in [2.24, 2.45) is 0 Å². The molecule has 0 aliphatic heterocycles. The number of nitrogens with zero attached hydrogens (tertiary/aromatic N) is 1. The van der Waals surface area contributed by atoms with E-state index in [-0.39, 0.29) is 4.90 Å². The molecule has 5 nitrogen and oxygen atoms in total. The largest absolute Gasteiger partial charge is 0.464 e. The fraction of sp³-hybridized carbons (Fsp3) is 0.636. The van der Waals surface area contributed by atoms with Crippen LogP contribution in [-0.2, 0) is 16.6 Å². The molecule has 1 aromatic heterocycles. The normalized spacial score (nSPS) is 12.3. The van der Waals surface area contributed by atoms with E-state index >= 15 is 0 Å². The molecule has 0 saturated heterocycles. The maximum atomic E-state index is 12.2. The average Bonchev–Trinajstić information content (AvgIpc) is 2.61. The van der Waals surface area contributed by atoms with Crippen LogP contribution in [-0.4, -0.2) is 33.4 Å². The van der Waals surface area contributed by atoms with E-state index in [4.69, 9.17) is 4.42 Å². The van der Waals surface area contributed by atoms with Crippen LogP contribution in [0.2, 0.25) is 0 Å². The third-order valence-corrected chi connectivity index (χ3v) is 4.47. The highest BCUT2D eigenvalue weighted by molar-refractivity contribution is 7.89. The molecular formula is C11H20N2O3S. The summed E-state index contributed by atoms with van der Waals surface area (Å²) >= 11 is 0. The monoisotopic (exact) mass is 260 g/mol. The van der Waals surface area contributed by atoms with Crippen LogP contribution in [0.15, 0.2) is 15.4 Å². The summed E-state index contributed by atoms with van der Waals surface area (Å²) in [4.78, 5) is 0.263. The lowest BCUT2D eigenvalue weighted by Gasteiger charge is -2.15. The summed E-state index contributed by atoms with van der Waals surface area (Å²) in [6.07, 6.45) is 0.788. The predicted octanol–water partition coefficient (Wildman–Crippen LogP) is 1.34. The first kappa shape index (κ1) is 14.2. The zero-order valence-corrected chi connectivity index (χ0v) is 11.6. The molecule has 1 N–H and O–H groups in total. The lowest BCUT2D eigenvalue weighted by Crippen LogP contribution is -2.27. The maximum absolute atomic E-state index is 12.2. The first-order valence-corrected chi connectivity index (χ1v) is 7.07. The van der Waals surface area contributed by atoms with Crippen LogP contribution >= 0.6 is 0 Å². The first-order valence-electron chi connectivity index (χ1n) is 5.63. The molecule has 0 bridgehead atoms. The molecule has 0 atom stereocenters. The Kier molecular flexibility index (Phi) is 4.73. The second kappa shape index (κ2) is 5.66. The first-order chi connectivity index (χ1) is 7.93. The number of rotatable bonds is 6. The highest BCUT2D eigenvalue weighted by Crippen LogP contribution is 2.22. The van der Waals surface area contributed by atoms with Crippen LogP contribution in [0.5, 0.6) is 0 Å². The average molecular weight is 260 g/mol. The van der Waals surface area contributed by atoms with E-state index in [9.17, 15) is 8.42 Å². The lowest BCUT2D eigenvalue weighted by atomic mass is 10.4. The van der Waals surface area contributed by atoms with Crippen molar-refractivity contribution in [1.82, 2.24) is 9.62 Å². The van der Waals surface area contributed by atoms with Crippen LogP contribution in [0.25, 0.3) is 0 Å². The second-order valence-electron chi connectivity index (χ2n) is 3.99. The summed E-state index contributed by atoms with van der Waals surface area (Å²) in [6, 6.07) is 1.59. The molecule has 0 fully saturated rings. The molecule has 0 unspecified atom stereocenters. The molecule has 1 heterocycles. The zero-order valence-electron chi connectivity index (χ0n) is 10.8. The van der Waals surface area contributed by atoms with Gasteiger partial charge in [-0.05, 0) is 20.4 Å². The Balaban J connectivity index is 3.06. The fourth-order valence-electron chi connectivity index (χ4n) is 1.64. The third kappa shape index (κ3) is 3.08. The summed E-state index contributed by atoms with van der Waals surface area (Å²) in [5.41, 5.74) is 0. The van der Waals surface area contributed by atoms with Crippen molar-refractivity contribution < 1.29 is 12.8 Å². The standard InChI is InChI=1S/C11H20N2O3S/c1-5-6-13(4)17(14,15)11-7-10(8-12-3)16-9(11)2/h7,12H,5-6,8H2,1-4H3. The van der Waals surface area contributed by atoms with Crippen LogP contribution in [0.1, 0.15) is 24.9 Å². The van der Waals surface area contributed by atoms with Gasteiger partial charge < -0.3 is 9.73 Å². The van der Waals surface area contributed by atoms with Gasteiger partial charge in [-0.15, -0.1) is 0 Å². The van der Waals surface area contributed by atoms with Gasteiger partial charge in [0.05, 0.1) is 6.54 Å². The molecule has 6 heteroatoms. The van der Waals surface area contributed by atoms with Crippen molar-refractivity contribution in [2.45, 2.75) is 31.7 Å². The Bertz CT molecular complexity index is 465. The summed E-state index contributed by atoms with van der Waals surface area (Å²) in [5.74, 6) is 1.08. The summed E-state index contributed by atoms with van der Waals surface area (Å²) in [5, 5.41) is 2.93. The van der Waals surface area contributed by atoms with E-state index in [1.165, 1.54) is 4.31 Å². The molecule has 0 aromatic carbocycles. The van der Waals surface area contributed by atoms with Gasteiger partial charge in [-0.3, -0.25) is 0 Å². The summed E-state index contributed by atoms with van der Waals surface area (Å²) in [7, 11) is -0.0442. The number of hydrogen-bond donors (Lipinski definition) is 1. The van der Waals surface area contributed by atoms with Crippen LogP contribution in [0.4, 0.5) is 0 Å². The summed E-state index contributed by atoms with van der Waals surface area (Å²) in [6.45, 7) is 4.65. The Morgan fingerprint density at radius 1 is 1.47 bits per heavy atom. The minimum absolute atomic E-state index is 0.263. The van der Waals surface area contributed by atoms with E-state index in [2.05, 4.69) is 5.32 Å². The minimum Gasteiger partial charge on any atom is -0.464 e. The molecule has 1 aromatic rings. The predicted molar refractivity (Wildman–Crippen MR) is 66.3 cm³/mol. The van der Waals surface area contributed by atoms with Crippen molar-refractivity contribution in [3.8, 4) is 0 Å². The molecule has 0 aliphatic rings. The van der Waals surface area contributed by atoms with Gasteiger partial charge >= 0.3 is 0 Å². The van der Waals surface area contributed by atoms with Crippen LogP contribution in [0.3, 0.4) is 0 Å². The molecular weight excluding hydrogens is 240 g/mol. The number of aryl methyl sites for hydroxylation is 1. The Hall–Kier alpha value is -0.850. The molecule has 17 heavy (non-hydrogen) atoms. The van der Waals surface area contributed by atoms with Crippen molar-refractivity contribution in [1.29, 1.82) is 0 Å². The van der Waals surface area contributed by atoms with Gasteiger partial charge in [0.2, 0.25) is 10.0 Å². The van der Waals surface area contributed by atoms with E-state index in [1.807, 2.05) is 6.92 Å². The molecule has 0 radical (unpaired) electrons. The number of hydrogen-bond acceptors (Lipinski definition) is 4. The van der Waals surface area contributed by atoms with Gasteiger partial charge in [0.25, 0.3) is 0 Å². The van der Waals surface area contributed by atoms with Gasteiger partial charge in [-0.2, -0.15) is 0 Å². The highest BCUT2D eigenvalue weighted by atomic mass is 32.2. The fourth-order valence-corrected chi connectivity index (χ4v) is 3.09. The molecule has 0 spiro atoms. The van der Waals surface area contributed by atoms with Crippen molar-refractivity contribution in [3.05, 3.63) is 17.6 Å². The van der Waals surface area contributed by atoms with Crippen molar-refractivity contribution in [2.75, 3.05) is 20.6 Å². The molecule has 0 aliphatic carbocycles. The SMILES string of the molecule is CCCN(C)S(=O)(=O)c1cc(CNC)oc1C. The quantitative estimate of drug-likeness (QED) is 0.838. The van der Waals surface area contributed by atoms with Gasteiger partial charge in [0.1, 0.15) is 16.4 Å². The minimum atomic E-state index is -3.42. The van der Waals surface area contributed by atoms with E-state index < -0.39 is 10.0 Å². The highest BCUT2D eigenvalue weighted by Gasteiger charge is 2.25. The smallest absolute Gasteiger partial charge is 0.246 e. The molecule has 0 saturated carbocycles. The van der Waals surface area contributed by atoms with Crippen molar-refractivity contribution in [3.63, 3.8) is 0 Å². The maximum Gasteiger partial charge on any atom is 0.246 e. The Morgan fingerprint density at radius 3 is 2.65 bits per heavy atom. The topological polar surface area (TPSA) is 62.6 Å². The van der Waals surface area contributed by atoms with Crippen LogP contribution < -0.4 is 5.32 Å². The van der Waals surface area contributed by atoms with Crippen LogP contribution in [0, 0.1) is 6.92 Å². The van der Waals surface area contributed by atoms with E-state index in [1.54, 1.807) is 27.1 Å². The Labute approximate surface area is 103 Å². The second-order valence-corrected chi connectivity index (χ2v) is 6.00. The van der Waals surface area contributed by atoms with E-state index in [0.29, 0.717) is 24.6 Å². The van der Waals surface area contributed by atoms with Gasteiger partial charge in [-0.25, -0.2) is 12.7 Å². The molecule has 98 valence electrons. The van der Waals surface area contributed by atoms with Gasteiger partial charge in [-0.1, -0.05) is 6.92 Å². The number of nitrogens with one attached hydrogen (secondary N) is 1. The van der Waals surface area contributed by atoms with Gasteiger partial charge in [0, 0.05) is 19.7 Å². The summed E-state index contributed by atoms with van der Waals surface area (Å²) < 4.78 is 31.2. The number of sulfonamides is 1.